The van der Waals surface area contributed by atoms with Crippen LogP contribution in [0, 0.1) is 0 Å². The smallest absolute Gasteiger partial charge is 0.0948 e. The number of hydrogen-bond acceptors (Lipinski definition) is 3. The van der Waals surface area contributed by atoms with Crippen molar-refractivity contribution in [2.45, 2.75) is 48.2 Å². The molecule has 0 aliphatic carbocycles. The molecular formula is C17H20N2OS. The normalized spacial score (nSPS) is 32.0. The maximum absolute atomic E-state index is 11.1. The maximum Gasteiger partial charge on any atom is 0.0948 e. The van der Waals surface area contributed by atoms with Crippen LogP contribution in [0.2, 0.25) is 0 Å². The van der Waals surface area contributed by atoms with E-state index in [2.05, 4.69) is 16.9 Å². The zero-order valence-electron chi connectivity index (χ0n) is 12.0. The van der Waals surface area contributed by atoms with Crippen molar-refractivity contribution in [3.8, 4) is 5.69 Å². The summed E-state index contributed by atoms with van der Waals surface area (Å²) in [6.45, 7) is 0. The number of benzene rings is 1. The highest BCUT2D eigenvalue weighted by Gasteiger charge is 2.43. The predicted octanol–water partition coefficient (Wildman–Crippen LogP) is 3.51. The van der Waals surface area contributed by atoms with Gasteiger partial charge in [0, 0.05) is 22.3 Å². The molecule has 4 heteroatoms. The van der Waals surface area contributed by atoms with Gasteiger partial charge in [0.1, 0.15) is 0 Å². The summed E-state index contributed by atoms with van der Waals surface area (Å²) in [5.41, 5.74) is 1.33. The molecule has 2 atom stereocenters. The quantitative estimate of drug-likeness (QED) is 0.922. The van der Waals surface area contributed by atoms with Gasteiger partial charge in [0.25, 0.3) is 0 Å². The van der Waals surface area contributed by atoms with Crippen LogP contribution in [0.15, 0.2) is 42.7 Å². The molecule has 2 aliphatic rings. The number of aliphatic hydroxyl groups is 1. The molecule has 0 saturated carbocycles. The first-order valence-electron chi connectivity index (χ1n) is 7.71. The summed E-state index contributed by atoms with van der Waals surface area (Å²) < 4.78 is 1.87. The number of hydrogen-bond donors (Lipinski definition) is 1. The number of fused-ring (bicyclic) bond motifs is 2. The van der Waals surface area contributed by atoms with E-state index >= 15 is 0 Å². The lowest BCUT2D eigenvalue weighted by molar-refractivity contribution is 0.00810. The third-order valence-electron chi connectivity index (χ3n) is 4.71. The van der Waals surface area contributed by atoms with Gasteiger partial charge in [0.2, 0.25) is 0 Å². The zero-order chi connectivity index (χ0) is 14.3. The molecule has 1 aromatic heterocycles. The molecule has 1 aromatic carbocycles. The van der Waals surface area contributed by atoms with Crippen LogP contribution in [-0.2, 0) is 5.60 Å². The van der Waals surface area contributed by atoms with Crippen LogP contribution in [0.3, 0.4) is 0 Å². The van der Waals surface area contributed by atoms with E-state index in [1.165, 1.54) is 19.3 Å². The highest BCUT2D eigenvalue weighted by Crippen LogP contribution is 2.49. The summed E-state index contributed by atoms with van der Waals surface area (Å²) in [5, 5.41) is 16.8. The Hall–Kier alpha value is -1.26. The van der Waals surface area contributed by atoms with Gasteiger partial charge in [-0.25, -0.2) is 4.68 Å². The second-order valence-electron chi connectivity index (χ2n) is 6.26. The van der Waals surface area contributed by atoms with E-state index < -0.39 is 5.60 Å². The summed E-state index contributed by atoms with van der Waals surface area (Å²) >= 11 is 2.09. The Morgan fingerprint density at radius 1 is 1.14 bits per heavy atom. The summed E-state index contributed by atoms with van der Waals surface area (Å²) in [6, 6.07) is 10.1. The molecule has 110 valence electrons. The van der Waals surface area contributed by atoms with Gasteiger partial charge in [-0.3, -0.25) is 0 Å². The predicted molar refractivity (Wildman–Crippen MR) is 85.7 cm³/mol. The van der Waals surface area contributed by atoms with Gasteiger partial charge >= 0.3 is 0 Å². The van der Waals surface area contributed by atoms with Crippen molar-refractivity contribution in [3.63, 3.8) is 0 Å². The van der Waals surface area contributed by atoms with Crippen LogP contribution in [0.4, 0.5) is 0 Å². The molecule has 2 fully saturated rings. The van der Waals surface area contributed by atoms with E-state index in [0.29, 0.717) is 10.5 Å². The van der Waals surface area contributed by atoms with E-state index in [-0.39, 0.29) is 0 Å². The monoisotopic (exact) mass is 300 g/mol. The molecule has 3 nitrogen and oxygen atoms in total. The fourth-order valence-corrected chi connectivity index (χ4v) is 5.53. The Kier molecular flexibility index (Phi) is 3.31. The number of aromatic nitrogens is 2. The average molecular weight is 300 g/mol. The van der Waals surface area contributed by atoms with Gasteiger partial charge in [-0.15, -0.1) is 0 Å². The van der Waals surface area contributed by atoms with E-state index in [1.807, 2.05) is 47.4 Å². The van der Waals surface area contributed by atoms with Gasteiger partial charge < -0.3 is 5.11 Å². The largest absolute Gasteiger partial charge is 0.385 e. The molecule has 21 heavy (non-hydrogen) atoms. The third-order valence-corrected chi connectivity index (χ3v) is 6.28. The molecular weight excluding hydrogens is 280 g/mol. The van der Waals surface area contributed by atoms with Crippen LogP contribution in [0.5, 0.6) is 0 Å². The van der Waals surface area contributed by atoms with Gasteiger partial charge in [-0.1, -0.05) is 24.6 Å². The van der Waals surface area contributed by atoms with Crippen molar-refractivity contribution in [1.82, 2.24) is 9.78 Å². The first kappa shape index (κ1) is 13.4. The van der Waals surface area contributed by atoms with E-state index in [1.54, 1.807) is 0 Å². The molecule has 1 N–H and O–H groups in total. The topological polar surface area (TPSA) is 38.1 Å². The third kappa shape index (κ3) is 2.51. The van der Waals surface area contributed by atoms with Crippen LogP contribution in [0.25, 0.3) is 5.69 Å². The fourth-order valence-electron chi connectivity index (χ4n) is 3.64. The highest BCUT2D eigenvalue weighted by molar-refractivity contribution is 8.00. The highest BCUT2D eigenvalue weighted by atomic mass is 32.2. The Balaban J connectivity index is 1.63. The fraction of sp³-hybridized carbons (Fsp3) is 0.471. The van der Waals surface area contributed by atoms with Crippen molar-refractivity contribution in [3.05, 3.63) is 48.3 Å². The molecule has 2 bridgehead atoms. The van der Waals surface area contributed by atoms with Crippen molar-refractivity contribution >= 4 is 11.8 Å². The minimum absolute atomic E-state index is 0.613. The Labute approximate surface area is 129 Å². The van der Waals surface area contributed by atoms with Gasteiger partial charge in [0.15, 0.2) is 0 Å². The van der Waals surface area contributed by atoms with Gasteiger partial charge in [0.05, 0.1) is 17.5 Å². The molecule has 4 rings (SSSR count). The Bertz CT molecular complexity index is 613. The first-order valence-corrected chi connectivity index (χ1v) is 8.66. The number of thioether (sulfide) groups is 1. The number of rotatable bonds is 2. The van der Waals surface area contributed by atoms with Crippen molar-refractivity contribution in [2.24, 2.45) is 0 Å². The minimum atomic E-state index is -0.686. The Morgan fingerprint density at radius 3 is 2.57 bits per heavy atom. The maximum atomic E-state index is 11.1. The Morgan fingerprint density at radius 2 is 1.86 bits per heavy atom. The number of nitrogens with zero attached hydrogens (tertiary/aromatic N) is 2. The second-order valence-corrected chi connectivity index (χ2v) is 7.87. The first-order chi connectivity index (χ1) is 10.2. The number of para-hydroxylation sites is 1. The SMILES string of the molecule is OC1(c2cnn(-c3ccccc3)c2)CC2CCCC(C1)S2. The van der Waals surface area contributed by atoms with Crippen LogP contribution in [0.1, 0.15) is 37.7 Å². The standard InChI is InChI=1S/C17H20N2OS/c20-17(9-15-7-4-8-16(10-17)21-15)13-11-18-19(12-13)14-5-2-1-3-6-14/h1-3,5-6,11-12,15-16,20H,4,7-10H2. The second kappa shape index (κ2) is 5.18. The lowest BCUT2D eigenvalue weighted by Gasteiger charge is -2.43. The van der Waals surface area contributed by atoms with E-state index in [9.17, 15) is 5.11 Å². The van der Waals surface area contributed by atoms with Crippen molar-refractivity contribution in [1.29, 1.82) is 0 Å². The van der Waals surface area contributed by atoms with Crippen molar-refractivity contribution in [2.75, 3.05) is 0 Å². The molecule has 2 unspecified atom stereocenters. The lowest BCUT2D eigenvalue weighted by atomic mass is 9.82. The lowest BCUT2D eigenvalue weighted by Crippen LogP contribution is -2.40. The van der Waals surface area contributed by atoms with E-state index in [0.717, 1.165) is 24.1 Å². The molecule has 2 saturated heterocycles. The molecule has 0 spiro atoms. The summed E-state index contributed by atoms with van der Waals surface area (Å²) in [5.74, 6) is 0. The van der Waals surface area contributed by atoms with Crippen LogP contribution in [-0.4, -0.2) is 25.4 Å². The van der Waals surface area contributed by atoms with Crippen LogP contribution < -0.4 is 0 Å². The zero-order valence-corrected chi connectivity index (χ0v) is 12.8. The summed E-state index contributed by atoms with van der Waals surface area (Å²) in [6.07, 6.45) is 9.40. The summed E-state index contributed by atoms with van der Waals surface area (Å²) in [4.78, 5) is 0. The molecule has 3 heterocycles. The molecule has 2 aromatic rings. The average Bonchev–Trinajstić information content (AvgIpc) is 2.98. The van der Waals surface area contributed by atoms with Gasteiger partial charge in [-0.2, -0.15) is 16.9 Å². The molecule has 2 aliphatic heterocycles. The molecule has 0 amide bonds. The summed E-state index contributed by atoms with van der Waals surface area (Å²) in [7, 11) is 0. The van der Waals surface area contributed by atoms with Crippen molar-refractivity contribution < 1.29 is 5.11 Å². The van der Waals surface area contributed by atoms with Crippen LogP contribution >= 0.6 is 11.8 Å². The molecule has 0 radical (unpaired) electrons. The van der Waals surface area contributed by atoms with Gasteiger partial charge in [-0.05, 0) is 37.8 Å². The van der Waals surface area contributed by atoms with E-state index in [4.69, 9.17) is 0 Å². The minimum Gasteiger partial charge on any atom is -0.385 e.